The monoisotopic (exact) mass is 343 g/mol. The van der Waals surface area contributed by atoms with Gasteiger partial charge in [-0.15, -0.1) is 0 Å². The van der Waals surface area contributed by atoms with Gasteiger partial charge < -0.3 is 14.7 Å². The van der Waals surface area contributed by atoms with Gasteiger partial charge in [-0.1, -0.05) is 12.1 Å². The van der Waals surface area contributed by atoms with Gasteiger partial charge in [-0.3, -0.25) is 4.79 Å². The van der Waals surface area contributed by atoms with Crippen LogP contribution >= 0.6 is 0 Å². The topological polar surface area (TPSA) is 49.8 Å². The lowest BCUT2D eigenvalue weighted by molar-refractivity contribution is -0.161. The van der Waals surface area contributed by atoms with Crippen LogP contribution in [-0.2, 0) is 4.79 Å². The maximum absolute atomic E-state index is 12.5. The zero-order valence-corrected chi connectivity index (χ0v) is 15.5. The van der Waals surface area contributed by atoms with Crippen LogP contribution < -0.4 is 4.74 Å². The zero-order chi connectivity index (χ0) is 17.8. The Morgan fingerprint density at radius 3 is 2.64 bits per heavy atom. The van der Waals surface area contributed by atoms with Crippen LogP contribution in [0.25, 0.3) is 0 Å². The number of benzene rings is 1. The summed E-state index contributed by atoms with van der Waals surface area (Å²) in [5.74, 6) is 1.86. The lowest BCUT2D eigenvalue weighted by Crippen LogP contribution is -2.61. The van der Waals surface area contributed by atoms with Crippen LogP contribution in [0.3, 0.4) is 0 Å². The predicted octanol–water partition coefficient (Wildman–Crippen LogP) is 3.26. The molecule has 3 aliphatic rings. The fourth-order valence-corrected chi connectivity index (χ4v) is 5.41. The average Bonchev–Trinajstić information content (AvgIpc) is 2.96. The van der Waals surface area contributed by atoms with Crippen LogP contribution in [0.2, 0.25) is 0 Å². The second kappa shape index (κ2) is 5.73. The number of rotatable bonds is 3. The number of carbonyl (C=O) groups is 1. The van der Waals surface area contributed by atoms with Gasteiger partial charge in [0.25, 0.3) is 0 Å². The molecule has 0 bridgehead atoms. The van der Waals surface area contributed by atoms with Crippen LogP contribution in [0.15, 0.2) is 18.2 Å². The SMILES string of the molecule is COc1cccc(C2CCC3(C2)CN(C(=O)C2CC(C)(O)C2)C3)c1C. The van der Waals surface area contributed by atoms with Crippen molar-refractivity contribution in [3.8, 4) is 5.75 Å². The molecule has 1 aromatic carbocycles. The van der Waals surface area contributed by atoms with Crippen molar-refractivity contribution in [2.75, 3.05) is 20.2 Å². The maximum atomic E-state index is 12.5. The van der Waals surface area contributed by atoms with Crippen molar-refractivity contribution in [1.82, 2.24) is 4.90 Å². The molecule has 2 aliphatic carbocycles. The Kier molecular flexibility index (Phi) is 3.87. The number of nitrogens with zero attached hydrogens (tertiary/aromatic N) is 1. The number of likely N-dealkylation sites (tertiary alicyclic amines) is 1. The summed E-state index contributed by atoms with van der Waals surface area (Å²) in [7, 11) is 1.73. The Balaban J connectivity index is 1.37. The van der Waals surface area contributed by atoms with Crippen molar-refractivity contribution in [2.24, 2.45) is 11.3 Å². The maximum Gasteiger partial charge on any atom is 0.225 e. The van der Waals surface area contributed by atoms with Gasteiger partial charge in [-0.25, -0.2) is 0 Å². The molecule has 1 aromatic rings. The molecule has 2 saturated carbocycles. The third-order valence-electron chi connectivity index (χ3n) is 6.77. The Morgan fingerprint density at radius 1 is 1.28 bits per heavy atom. The number of hydrogen-bond donors (Lipinski definition) is 1. The number of aliphatic hydroxyl groups is 1. The molecule has 1 heterocycles. The summed E-state index contributed by atoms with van der Waals surface area (Å²) >= 11 is 0. The summed E-state index contributed by atoms with van der Waals surface area (Å²) in [6.07, 6.45) is 4.84. The Labute approximate surface area is 150 Å². The summed E-state index contributed by atoms with van der Waals surface area (Å²) in [6.45, 7) is 5.79. The highest BCUT2D eigenvalue weighted by Crippen LogP contribution is 2.53. The minimum absolute atomic E-state index is 0.0465. The highest BCUT2D eigenvalue weighted by Gasteiger charge is 2.53. The summed E-state index contributed by atoms with van der Waals surface area (Å²) < 4.78 is 5.47. The normalized spacial score (nSPS) is 33.0. The first-order chi connectivity index (χ1) is 11.8. The predicted molar refractivity (Wildman–Crippen MR) is 96.7 cm³/mol. The highest BCUT2D eigenvalue weighted by atomic mass is 16.5. The van der Waals surface area contributed by atoms with Gasteiger partial charge in [0.15, 0.2) is 0 Å². The molecular formula is C21H29NO3. The Morgan fingerprint density at radius 2 is 2.00 bits per heavy atom. The Bertz CT molecular complexity index is 682. The fraction of sp³-hybridized carbons (Fsp3) is 0.667. The standard InChI is InChI=1S/C21H29NO3/c1-14-17(5-4-6-18(14)25-3)15-7-8-21(11-15)12-22(13-21)19(23)16-9-20(2,24)10-16/h4-6,15-16,24H,7-13H2,1-3H3. The van der Waals surface area contributed by atoms with E-state index in [4.69, 9.17) is 4.74 Å². The van der Waals surface area contributed by atoms with E-state index >= 15 is 0 Å². The molecule has 4 heteroatoms. The summed E-state index contributed by atoms with van der Waals surface area (Å²) in [6, 6.07) is 6.35. The van der Waals surface area contributed by atoms with Crippen LogP contribution in [0, 0.1) is 18.3 Å². The van der Waals surface area contributed by atoms with E-state index < -0.39 is 5.60 Å². The molecular weight excluding hydrogens is 314 g/mol. The third-order valence-corrected chi connectivity index (χ3v) is 6.77. The summed E-state index contributed by atoms with van der Waals surface area (Å²) in [5, 5.41) is 9.86. The zero-order valence-electron chi connectivity index (χ0n) is 15.5. The highest BCUT2D eigenvalue weighted by molar-refractivity contribution is 5.81. The number of hydrogen-bond acceptors (Lipinski definition) is 3. The van der Waals surface area contributed by atoms with Gasteiger partial charge in [0.05, 0.1) is 12.7 Å². The van der Waals surface area contributed by atoms with Crippen molar-refractivity contribution in [1.29, 1.82) is 0 Å². The molecule has 4 rings (SSSR count). The minimum atomic E-state index is -0.620. The van der Waals surface area contributed by atoms with Crippen LogP contribution in [0.4, 0.5) is 0 Å². The van der Waals surface area contributed by atoms with Crippen molar-refractivity contribution < 1.29 is 14.6 Å². The number of amides is 1. The lowest BCUT2D eigenvalue weighted by Gasteiger charge is -2.52. The van der Waals surface area contributed by atoms with Crippen LogP contribution in [-0.4, -0.2) is 41.7 Å². The molecule has 1 saturated heterocycles. The van der Waals surface area contributed by atoms with Gasteiger partial charge in [-0.2, -0.15) is 0 Å². The average molecular weight is 343 g/mol. The lowest BCUT2D eigenvalue weighted by atomic mass is 9.69. The minimum Gasteiger partial charge on any atom is -0.496 e. The van der Waals surface area contributed by atoms with E-state index in [1.807, 2.05) is 17.9 Å². The van der Waals surface area contributed by atoms with Gasteiger partial charge in [-0.05, 0) is 69.1 Å². The molecule has 25 heavy (non-hydrogen) atoms. The van der Waals surface area contributed by atoms with Gasteiger partial charge in [0.1, 0.15) is 5.75 Å². The summed E-state index contributed by atoms with van der Waals surface area (Å²) in [5.41, 5.74) is 2.37. The molecule has 0 radical (unpaired) electrons. The second-order valence-electron chi connectivity index (χ2n) is 8.91. The number of carbonyl (C=O) groups excluding carboxylic acids is 1. The quantitative estimate of drug-likeness (QED) is 0.916. The molecule has 1 aliphatic heterocycles. The van der Waals surface area contributed by atoms with E-state index in [-0.39, 0.29) is 11.8 Å². The first-order valence-electron chi connectivity index (χ1n) is 9.47. The van der Waals surface area contributed by atoms with Crippen LogP contribution in [0.5, 0.6) is 5.75 Å². The third kappa shape index (κ3) is 2.84. The second-order valence-corrected chi connectivity index (χ2v) is 8.91. The van der Waals surface area contributed by atoms with Crippen molar-refractivity contribution >= 4 is 5.91 Å². The smallest absolute Gasteiger partial charge is 0.225 e. The van der Waals surface area contributed by atoms with Crippen molar-refractivity contribution in [3.63, 3.8) is 0 Å². The fourth-order valence-electron chi connectivity index (χ4n) is 5.41. The molecule has 1 unspecified atom stereocenters. The number of ether oxygens (including phenoxy) is 1. The van der Waals surface area contributed by atoms with E-state index in [0.29, 0.717) is 24.2 Å². The van der Waals surface area contributed by atoms with Gasteiger partial charge in [0, 0.05) is 24.4 Å². The largest absolute Gasteiger partial charge is 0.496 e. The first-order valence-corrected chi connectivity index (χ1v) is 9.47. The molecule has 1 N–H and O–H groups in total. The van der Waals surface area contributed by atoms with Crippen molar-refractivity contribution in [3.05, 3.63) is 29.3 Å². The van der Waals surface area contributed by atoms with Crippen molar-refractivity contribution in [2.45, 2.75) is 57.5 Å². The molecule has 1 spiro atoms. The van der Waals surface area contributed by atoms with Crippen LogP contribution in [0.1, 0.15) is 56.1 Å². The number of methoxy groups -OCH3 is 1. The van der Waals surface area contributed by atoms with Gasteiger partial charge in [0.2, 0.25) is 5.91 Å². The molecule has 0 aromatic heterocycles. The molecule has 4 nitrogen and oxygen atoms in total. The molecule has 3 fully saturated rings. The van der Waals surface area contributed by atoms with E-state index in [2.05, 4.69) is 19.1 Å². The molecule has 136 valence electrons. The molecule has 1 atom stereocenters. The Hall–Kier alpha value is -1.55. The van der Waals surface area contributed by atoms with E-state index in [0.717, 1.165) is 18.8 Å². The first kappa shape index (κ1) is 16.9. The van der Waals surface area contributed by atoms with Gasteiger partial charge >= 0.3 is 0 Å². The van der Waals surface area contributed by atoms with E-state index in [9.17, 15) is 9.90 Å². The molecule has 1 amide bonds. The summed E-state index contributed by atoms with van der Waals surface area (Å²) in [4.78, 5) is 14.6. The van der Waals surface area contributed by atoms with E-state index in [1.54, 1.807) is 7.11 Å². The van der Waals surface area contributed by atoms with E-state index in [1.165, 1.54) is 30.4 Å².